The zero-order valence-electron chi connectivity index (χ0n) is 19.0. The number of carboxylic acid groups (broad SMARTS) is 1. The largest absolute Gasteiger partial charge is 0.479 e. The molecule has 0 amide bonds. The molecular weight excluding hydrogens is 436 g/mol. The first kappa shape index (κ1) is 22.7. The van der Waals surface area contributed by atoms with Gasteiger partial charge in [-0.25, -0.2) is 4.79 Å². The maximum absolute atomic E-state index is 11.0. The van der Waals surface area contributed by atoms with Crippen LogP contribution in [-0.2, 0) is 16.3 Å². The van der Waals surface area contributed by atoms with Gasteiger partial charge in [0.2, 0.25) is 0 Å². The van der Waals surface area contributed by atoms with E-state index in [9.17, 15) is 4.79 Å². The third-order valence-corrected chi connectivity index (χ3v) is 6.99. The lowest BCUT2D eigenvalue weighted by Gasteiger charge is -2.16. The molecule has 0 bridgehead atoms. The van der Waals surface area contributed by atoms with Gasteiger partial charge in [0.25, 0.3) is 6.01 Å². The number of imidazole rings is 1. The molecule has 0 saturated carbocycles. The van der Waals surface area contributed by atoms with Crippen LogP contribution in [0.5, 0.6) is 6.01 Å². The fourth-order valence-electron chi connectivity index (χ4n) is 3.44. The Hall–Kier alpha value is -3.43. The summed E-state index contributed by atoms with van der Waals surface area (Å²) >= 11 is 0. The lowest BCUT2D eigenvalue weighted by atomic mass is 10.0. The van der Waals surface area contributed by atoms with Gasteiger partial charge in [0.1, 0.15) is 6.73 Å². The number of nitrogens with zero attached hydrogens (tertiary/aromatic N) is 3. The van der Waals surface area contributed by atoms with E-state index in [1.54, 1.807) is 10.8 Å². The predicted octanol–water partition coefficient (Wildman–Crippen LogP) is 4.87. The van der Waals surface area contributed by atoms with E-state index in [0.717, 1.165) is 39.5 Å². The third kappa shape index (κ3) is 5.68. The number of nitrogens with one attached hydrogen (secondary N) is 1. The summed E-state index contributed by atoms with van der Waals surface area (Å²) in [7, 11) is -1.21. The van der Waals surface area contributed by atoms with E-state index in [-0.39, 0.29) is 12.7 Å². The summed E-state index contributed by atoms with van der Waals surface area (Å²) < 4.78 is 13.1. The average Bonchev–Trinajstić information content (AvgIpc) is 3.42. The molecule has 2 heterocycles. The minimum atomic E-state index is -1.21. The van der Waals surface area contributed by atoms with E-state index in [2.05, 4.69) is 47.0 Å². The second-order valence-electron chi connectivity index (χ2n) is 9.10. The molecule has 2 N–H and O–H groups in total. The lowest BCUT2D eigenvalue weighted by molar-refractivity contribution is -0.139. The molecule has 4 rings (SSSR count). The topological polar surface area (TPSA) is 102 Å². The number of ether oxygens (including phenoxy) is 2. The van der Waals surface area contributed by atoms with Gasteiger partial charge in [-0.1, -0.05) is 50.0 Å². The van der Waals surface area contributed by atoms with Gasteiger partial charge in [0.15, 0.2) is 6.61 Å². The molecule has 0 saturated heterocycles. The minimum absolute atomic E-state index is 0.243. The molecule has 2 aromatic heterocycles. The number of carboxylic acids is 1. The number of rotatable bonds is 10. The quantitative estimate of drug-likeness (QED) is 0.256. The van der Waals surface area contributed by atoms with E-state index >= 15 is 0 Å². The van der Waals surface area contributed by atoms with E-state index < -0.39 is 20.7 Å². The van der Waals surface area contributed by atoms with E-state index in [4.69, 9.17) is 14.6 Å². The van der Waals surface area contributed by atoms with Gasteiger partial charge in [-0.05, 0) is 40.9 Å². The standard InChI is InChI=1S/C24H28N4O4Si/c1-33(2,3)13-12-31-16-28-22-9-8-19(14-21(22)26-24(28)32-15-23(29)30)17-4-6-18(7-5-17)20-10-11-25-27-20/h4-11,14H,12-13,15-16H2,1-3H3,(H,25,27)(H,29,30). The van der Waals surface area contributed by atoms with Crippen LogP contribution in [0.2, 0.25) is 25.7 Å². The van der Waals surface area contributed by atoms with Gasteiger partial charge in [0.05, 0.1) is 16.7 Å². The molecule has 0 spiro atoms. The maximum atomic E-state index is 11.0. The predicted molar refractivity (Wildman–Crippen MR) is 130 cm³/mol. The van der Waals surface area contributed by atoms with E-state index in [0.29, 0.717) is 6.61 Å². The van der Waals surface area contributed by atoms with Gasteiger partial charge in [-0.3, -0.25) is 9.67 Å². The van der Waals surface area contributed by atoms with Gasteiger partial charge in [0, 0.05) is 20.9 Å². The Morgan fingerprint density at radius 1 is 1.06 bits per heavy atom. The third-order valence-electron chi connectivity index (χ3n) is 5.28. The number of aliphatic carboxylic acids is 1. The molecule has 0 aliphatic heterocycles. The molecule has 2 aromatic carbocycles. The smallest absolute Gasteiger partial charge is 0.341 e. The Labute approximate surface area is 193 Å². The fourth-order valence-corrected chi connectivity index (χ4v) is 4.20. The number of hydrogen-bond acceptors (Lipinski definition) is 5. The van der Waals surface area contributed by atoms with Crippen molar-refractivity contribution in [3.05, 3.63) is 54.7 Å². The van der Waals surface area contributed by atoms with Crippen LogP contribution in [0.1, 0.15) is 0 Å². The number of aromatic amines is 1. The molecule has 8 nitrogen and oxygen atoms in total. The summed E-state index contributed by atoms with van der Waals surface area (Å²) in [6, 6.07) is 17.4. The first-order valence-corrected chi connectivity index (χ1v) is 14.5. The zero-order valence-corrected chi connectivity index (χ0v) is 20.0. The average molecular weight is 465 g/mol. The van der Waals surface area contributed by atoms with Gasteiger partial charge in [-0.2, -0.15) is 10.1 Å². The summed E-state index contributed by atoms with van der Waals surface area (Å²) in [5.74, 6) is -1.05. The summed E-state index contributed by atoms with van der Waals surface area (Å²) in [4.78, 5) is 15.6. The highest BCUT2D eigenvalue weighted by Gasteiger charge is 2.16. The molecule has 0 aliphatic rings. The Morgan fingerprint density at radius 2 is 1.79 bits per heavy atom. The van der Waals surface area contributed by atoms with Crippen LogP contribution < -0.4 is 4.74 Å². The summed E-state index contributed by atoms with van der Waals surface area (Å²) in [6.45, 7) is 7.34. The molecule has 172 valence electrons. The van der Waals surface area contributed by atoms with Crippen LogP contribution in [0.4, 0.5) is 0 Å². The first-order valence-electron chi connectivity index (χ1n) is 10.8. The second kappa shape index (κ2) is 9.59. The fraction of sp³-hybridized carbons (Fsp3) is 0.292. The van der Waals surface area contributed by atoms with Crippen molar-refractivity contribution in [3.63, 3.8) is 0 Å². The van der Waals surface area contributed by atoms with Crippen molar-refractivity contribution in [2.75, 3.05) is 13.2 Å². The summed E-state index contributed by atoms with van der Waals surface area (Å²) in [6.07, 6.45) is 1.73. The van der Waals surface area contributed by atoms with Crippen LogP contribution in [0.25, 0.3) is 33.4 Å². The van der Waals surface area contributed by atoms with E-state index in [1.165, 1.54) is 0 Å². The number of carbonyl (C=O) groups is 1. The summed E-state index contributed by atoms with van der Waals surface area (Å²) in [5, 5.41) is 16.0. The van der Waals surface area contributed by atoms with Crippen LogP contribution >= 0.6 is 0 Å². The van der Waals surface area contributed by atoms with Gasteiger partial charge >= 0.3 is 5.97 Å². The minimum Gasteiger partial charge on any atom is -0.479 e. The number of aromatic nitrogens is 4. The summed E-state index contributed by atoms with van der Waals surface area (Å²) in [5.41, 5.74) is 5.63. The Morgan fingerprint density at radius 3 is 2.45 bits per heavy atom. The number of fused-ring (bicyclic) bond motifs is 1. The van der Waals surface area contributed by atoms with Crippen LogP contribution in [-0.4, -0.2) is 52.1 Å². The molecule has 33 heavy (non-hydrogen) atoms. The van der Waals surface area contributed by atoms with Crippen molar-refractivity contribution in [3.8, 4) is 28.4 Å². The highest BCUT2D eigenvalue weighted by atomic mass is 28.3. The maximum Gasteiger partial charge on any atom is 0.341 e. The molecule has 0 aliphatic carbocycles. The van der Waals surface area contributed by atoms with Crippen molar-refractivity contribution >= 4 is 25.1 Å². The molecule has 0 unspecified atom stereocenters. The SMILES string of the molecule is C[Si](C)(C)CCOCn1c(OCC(=O)O)nc2cc(-c3ccc(-c4ccn[nH]4)cc3)ccc21. The Balaban J connectivity index is 1.59. The van der Waals surface area contributed by atoms with Crippen LogP contribution in [0.3, 0.4) is 0 Å². The van der Waals surface area contributed by atoms with E-state index in [1.807, 2.05) is 36.4 Å². The molecule has 0 fully saturated rings. The highest BCUT2D eigenvalue weighted by Crippen LogP contribution is 2.29. The lowest BCUT2D eigenvalue weighted by Crippen LogP contribution is -2.22. The van der Waals surface area contributed by atoms with Crippen molar-refractivity contribution in [2.24, 2.45) is 0 Å². The van der Waals surface area contributed by atoms with Crippen LogP contribution in [0.15, 0.2) is 54.7 Å². The Bertz CT molecular complexity index is 1230. The highest BCUT2D eigenvalue weighted by molar-refractivity contribution is 6.76. The zero-order chi connectivity index (χ0) is 23.4. The molecule has 0 atom stereocenters. The molecule has 4 aromatic rings. The van der Waals surface area contributed by atoms with Gasteiger partial charge < -0.3 is 14.6 Å². The molecular formula is C24H28N4O4Si. The monoisotopic (exact) mass is 464 g/mol. The van der Waals surface area contributed by atoms with Crippen LogP contribution in [0, 0.1) is 0 Å². The number of benzene rings is 2. The van der Waals surface area contributed by atoms with Crippen molar-refractivity contribution < 1.29 is 19.4 Å². The van der Waals surface area contributed by atoms with Gasteiger partial charge in [-0.15, -0.1) is 0 Å². The number of hydrogen-bond donors (Lipinski definition) is 2. The molecule has 0 radical (unpaired) electrons. The first-order chi connectivity index (χ1) is 15.8. The van der Waals surface area contributed by atoms with Crippen molar-refractivity contribution in [1.29, 1.82) is 0 Å². The number of H-pyrrole nitrogens is 1. The normalized spacial score (nSPS) is 11.7. The Kier molecular flexibility index (Phi) is 6.61. The van der Waals surface area contributed by atoms with Crippen molar-refractivity contribution in [2.45, 2.75) is 32.4 Å². The van der Waals surface area contributed by atoms with Crippen molar-refractivity contribution in [1.82, 2.24) is 19.7 Å². The molecule has 9 heteroatoms. The second-order valence-corrected chi connectivity index (χ2v) is 14.7.